The van der Waals surface area contributed by atoms with Crippen LogP contribution in [-0.2, 0) is 0 Å². The summed E-state index contributed by atoms with van der Waals surface area (Å²) in [6, 6.07) is 6.89. The van der Waals surface area contributed by atoms with Crippen molar-refractivity contribution in [2.24, 2.45) is 5.92 Å². The fraction of sp³-hybridized carbons (Fsp3) is 0.529. The zero-order valence-corrected chi connectivity index (χ0v) is 12.6. The lowest BCUT2D eigenvalue weighted by atomic mass is 9.99. The number of hydrogen-bond acceptors (Lipinski definition) is 3. The fourth-order valence-corrected chi connectivity index (χ4v) is 3.61. The lowest BCUT2D eigenvalue weighted by Crippen LogP contribution is -2.45. The molecule has 4 nitrogen and oxygen atoms in total. The molecule has 0 spiro atoms. The van der Waals surface area contributed by atoms with Gasteiger partial charge in [0, 0.05) is 49.3 Å². The zero-order valence-electron chi connectivity index (χ0n) is 12.6. The van der Waals surface area contributed by atoms with Gasteiger partial charge < -0.3 is 15.0 Å². The molecule has 2 fully saturated rings. The number of piperazine rings is 1. The monoisotopic (exact) mass is 285 g/mol. The first-order valence-corrected chi connectivity index (χ1v) is 7.96. The Morgan fingerprint density at radius 3 is 2.76 bits per heavy atom. The van der Waals surface area contributed by atoms with Gasteiger partial charge in [-0.3, -0.25) is 4.90 Å². The van der Waals surface area contributed by atoms with Gasteiger partial charge in [-0.25, -0.2) is 0 Å². The molecule has 2 aromatic rings. The second-order valence-electron chi connectivity index (χ2n) is 6.22. The Bertz CT molecular complexity index is 626. The first-order chi connectivity index (χ1) is 10.4. The molecule has 1 saturated carbocycles. The van der Waals surface area contributed by atoms with Gasteiger partial charge in [-0.2, -0.15) is 0 Å². The molecule has 0 unspecified atom stereocenters. The minimum absolute atomic E-state index is 0.563. The molecule has 0 amide bonds. The SMILES string of the molecule is COc1ccc2[nH]cc([C@H](C3CC3)N3CCNCC3)c2c1. The Morgan fingerprint density at radius 1 is 1.24 bits per heavy atom. The van der Waals surface area contributed by atoms with Gasteiger partial charge >= 0.3 is 0 Å². The van der Waals surface area contributed by atoms with Crippen molar-refractivity contribution >= 4 is 10.9 Å². The maximum Gasteiger partial charge on any atom is 0.119 e. The molecule has 1 aromatic heterocycles. The van der Waals surface area contributed by atoms with E-state index >= 15 is 0 Å². The number of aromatic nitrogens is 1. The molecule has 2 aliphatic rings. The highest BCUT2D eigenvalue weighted by molar-refractivity contribution is 5.85. The van der Waals surface area contributed by atoms with Crippen LogP contribution in [0.4, 0.5) is 0 Å². The summed E-state index contributed by atoms with van der Waals surface area (Å²) in [4.78, 5) is 6.11. The van der Waals surface area contributed by atoms with Crippen LogP contribution in [0.25, 0.3) is 10.9 Å². The Balaban J connectivity index is 1.74. The van der Waals surface area contributed by atoms with Gasteiger partial charge in [-0.05, 0) is 42.5 Å². The van der Waals surface area contributed by atoms with Gasteiger partial charge in [-0.15, -0.1) is 0 Å². The summed E-state index contributed by atoms with van der Waals surface area (Å²) in [5.74, 6) is 1.77. The third kappa shape index (κ3) is 2.43. The van der Waals surface area contributed by atoms with E-state index in [1.165, 1.54) is 29.3 Å². The number of hydrogen-bond donors (Lipinski definition) is 2. The maximum absolute atomic E-state index is 5.41. The van der Waals surface area contributed by atoms with Crippen LogP contribution < -0.4 is 10.1 Å². The van der Waals surface area contributed by atoms with E-state index in [0.29, 0.717) is 6.04 Å². The van der Waals surface area contributed by atoms with Gasteiger partial charge in [0.2, 0.25) is 0 Å². The lowest BCUT2D eigenvalue weighted by molar-refractivity contribution is 0.157. The molecule has 1 atom stereocenters. The Labute approximate surface area is 125 Å². The summed E-state index contributed by atoms with van der Waals surface area (Å²) in [6.07, 6.45) is 4.95. The molecule has 1 aliphatic carbocycles. The molecular weight excluding hydrogens is 262 g/mol. The largest absolute Gasteiger partial charge is 0.497 e. The van der Waals surface area contributed by atoms with E-state index < -0.39 is 0 Å². The minimum atomic E-state index is 0.563. The molecule has 4 rings (SSSR count). The van der Waals surface area contributed by atoms with Crippen molar-refractivity contribution in [3.8, 4) is 5.75 Å². The van der Waals surface area contributed by atoms with Crippen molar-refractivity contribution in [3.63, 3.8) is 0 Å². The second kappa shape index (κ2) is 5.35. The van der Waals surface area contributed by atoms with Crippen LogP contribution in [0.2, 0.25) is 0 Å². The van der Waals surface area contributed by atoms with E-state index in [2.05, 4.69) is 33.5 Å². The van der Waals surface area contributed by atoms with Crippen LogP contribution in [-0.4, -0.2) is 43.2 Å². The van der Waals surface area contributed by atoms with Gasteiger partial charge in [-0.1, -0.05) is 0 Å². The topological polar surface area (TPSA) is 40.3 Å². The molecule has 2 heterocycles. The van der Waals surface area contributed by atoms with Crippen molar-refractivity contribution in [1.82, 2.24) is 15.2 Å². The number of benzene rings is 1. The van der Waals surface area contributed by atoms with Crippen LogP contribution in [0.5, 0.6) is 5.75 Å². The molecule has 4 heteroatoms. The van der Waals surface area contributed by atoms with Gasteiger partial charge in [0.15, 0.2) is 0 Å². The highest BCUT2D eigenvalue weighted by atomic mass is 16.5. The third-order valence-corrected chi connectivity index (χ3v) is 4.85. The van der Waals surface area contributed by atoms with E-state index in [-0.39, 0.29) is 0 Å². The van der Waals surface area contributed by atoms with Crippen molar-refractivity contribution in [2.75, 3.05) is 33.3 Å². The highest BCUT2D eigenvalue weighted by Gasteiger charge is 2.37. The number of H-pyrrole nitrogens is 1. The van der Waals surface area contributed by atoms with E-state index in [9.17, 15) is 0 Å². The Morgan fingerprint density at radius 2 is 2.05 bits per heavy atom. The number of ether oxygens (including phenoxy) is 1. The maximum atomic E-state index is 5.41. The minimum Gasteiger partial charge on any atom is -0.497 e. The summed E-state index contributed by atoms with van der Waals surface area (Å²) in [7, 11) is 1.74. The van der Waals surface area contributed by atoms with Crippen LogP contribution in [0.15, 0.2) is 24.4 Å². The van der Waals surface area contributed by atoms with Crippen molar-refractivity contribution < 1.29 is 4.74 Å². The Kier molecular flexibility index (Phi) is 3.36. The average Bonchev–Trinajstić information content (AvgIpc) is 3.29. The predicted octanol–water partition coefficient (Wildman–Crippen LogP) is 2.53. The molecule has 0 bridgehead atoms. The average molecular weight is 285 g/mol. The number of methoxy groups -OCH3 is 1. The molecule has 21 heavy (non-hydrogen) atoms. The number of nitrogens with one attached hydrogen (secondary N) is 2. The van der Waals surface area contributed by atoms with Crippen LogP contribution in [0, 0.1) is 5.92 Å². The lowest BCUT2D eigenvalue weighted by Gasteiger charge is -2.35. The molecule has 1 aromatic carbocycles. The first-order valence-electron chi connectivity index (χ1n) is 7.96. The molecular formula is C17H23N3O. The van der Waals surface area contributed by atoms with Crippen molar-refractivity contribution in [3.05, 3.63) is 30.0 Å². The van der Waals surface area contributed by atoms with E-state index in [0.717, 1.165) is 37.8 Å². The normalized spacial score (nSPS) is 21.6. The van der Waals surface area contributed by atoms with E-state index in [1.54, 1.807) is 7.11 Å². The summed E-state index contributed by atoms with van der Waals surface area (Å²) in [5.41, 5.74) is 2.67. The summed E-state index contributed by atoms with van der Waals surface area (Å²) in [6.45, 7) is 4.51. The van der Waals surface area contributed by atoms with Crippen LogP contribution in [0.1, 0.15) is 24.4 Å². The van der Waals surface area contributed by atoms with Crippen LogP contribution in [0.3, 0.4) is 0 Å². The number of fused-ring (bicyclic) bond motifs is 1. The smallest absolute Gasteiger partial charge is 0.119 e. The van der Waals surface area contributed by atoms with Crippen LogP contribution >= 0.6 is 0 Å². The quantitative estimate of drug-likeness (QED) is 0.907. The van der Waals surface area contributed by atoms with Gasteiger partial charge in [0.1, 0.15) is 5.75 Å². The molecule has 2 N–H and O–H groups in total. The third-order valence-electron chi connectivity index (χ3n) is 4.85. The standard InChI is InChI=1S/C17H23N3O/c1-21-13-4-5-16-14(10-13)15(11-19-16)17(12-2-3-12)20-8-6-18-7-9-20/h4-5,10-12,17-19H,2-3,6-9H2,1H3/t17-/m0/s1. The fourth-order valence-electron chi connectivity index (χ4n) is 3.61. The molecule has 1 aliphatic heterocycles. The second-order valence-corrected chi connectivity index (χ2v) is 6.22. The Hall–Kier alpha value is -1.52. The number of aromatic amines is 1. The van der Waals surface area contributed by atoms with Gasteiger partial charge in [0.05, 0.1) is 7.11 Å². The number of rotatable bonds is 4. The van der Waals surface area contributed by atoms with Crippen molar-refractivity contribution in [1.29, 1.82) is 0 Å². The van der Waals surface area contributed by atoms with Crippen molar-refractivity contribution in [2.45, 2.75) is 18.9 Å². The van der Waals surface area contributed by atoms with E-state index in [4.69, 9.17) is 4.74 Å². The summed E-state index contributed by atoms with van der Waals surface area (Å²) >= 11 is 0. The van der Waals surface area contributed by atoms with Gasteiger partial charge in [0.25, 0.3) is 0 Å². The van der Waals surface area contributed by atoms with E-state index in [1.807, 2.05) is 6.07 Å². The summed E-state index contributed by atoms with van der Waals surface area (Å²) in [5, 5.41) is 4.78. The first kappa shape index (κ1) is 13.2. The molecule has 112 valence electrons. The molecule has 0 radical (unpaired) electrons. The summed E-state index contributed by atoms with van der Waals surface area (Å²) < 4.78 is 5.41. The predicted molar refractivity (Wildman–Crippen MR) is 84.8 cm³/mol. The number of nitrogens with zero attached hydrogens (tertiary/aromatic N) is 1. The zero-order chi connectivity index (χ0) is 14.2. The highest BCUT2D eigenvalue weighted by Crippen LogP contribution is 2.46. The molecule has 1 saturated heterocycles.